The van der Waals surface area contributed by atoms with Crippen molar-refractivity contribution in [3.63, 3.8) is 0 Å². The van der Waals surface area contributed by atoms with Gasteiger partial charge in [0.1, 0.15) is 36.3 Å². The van der Waals surface area contributed by atoms with Gasteiger partial charge < -0.3 is 86.9 Å². The number of carbonyl (C=O) groups is 11. The largest absolute Gasteiger partial charge is 0.481 e. The second-order valence-electron chi connectivity index (χ2n) is 14.6. The summed E-state index contributed by atoms with van der Waals surface area (Å²) in [6.45, 7) is 1.61. The molecular formula is C36H64N14O14. The molecule has 0 aromatic rings. The number of carboxylic acid groups (broad SMARTS) is 2. The van der Waals surface area contributed by atoms with Crippen LogP contribution in [0.2, 0.25) is 0 Å². The number of amides is 9. The normalized spacial score (nSPS) is 14.5. The standard InChI is InChI=1S/C36H64N14O14/c1-3-17(2)28(50-32(60)21(13-25(40)53)47-31(59)19(9-10-24(39)52)46-29(57)18(38)7-6-12-43-36(41)42)34(62)49-23(16-51)33(61)48-22(14-27(55)56)30(58)44-15-26(54)45-20(35(63)64)8-4-5-11-37/h17-23,28,51H,3-16,37-38H2,1-2H3,(H2,39,52)(H2,40,53)(H,44,58)(H,45,54)(H,46,57)(H,47,59)(H,48,61)(H,49,62)(H,50,60)(H,55,56)(H,63,64)(H4,41,42,43)/t17-,18-,19-,20-,21-,22-,23-,28-/m0/s1. The van der Waals surface area contributed by atoms with Gasteiger partial charge in [-0.05, 0) is 51.0 Å². The number of carboxylic acids is 2. The minimum Gasteiger partial charge on any atom is -0.481 e. The summed E-state index contributed by atoms with van der Waals surface area (Å²) in [4.78, 5) is 142. The molecule has 0 aromatic carbocycles. The number of aliphatic carboxylic acids is 2. The molecule has 8 atom stereocenters. The van der Waals surface area contributed by atoms with E-state index in [0.29, 0.717) is 19.4 Å². The molecule has 0 saturated heterocycles. The monoisotopic (exact) mass is 916 g/mol. The third kappa shape index (κ3) is 23.5. The number of primary amides is 2. The van der Waals surface area contributed by atoms with Crippen molar-refractivity contribution in [2.45, 2.75) is 120 Å². The van der Waals surface area contributed by atoms with Crippen LogP contribution in [0.25, 0.3) is 0 Å². The summed E-state index contributed by atoms with van der Waals surface area (Å²) in [6.07, 6.45) is -1.21. The van der Waals surface area contributed by atoms with Crippen LogP contribution in [-0.2, 0) is 52.7 Å². The Balaban J connectivity index is 6.08. The predicted octanol–water partition coefficient (Wildman–Crippen LogP) is -7.74. The zero-order chi connectivity index (χ0) is 49.1. The minimum atomic E-state index is -1.88. The van der Waals surface area contributed by atoms with Gasteiger partial charge in [-0.3, -0.25) is 52.9 Å². The molecule has 0 bridgehead atoms. The molecule has 0 radical (unpaired) electrons. The van der Waals surface area contributed by atoms with Crippen LogP contribution in [-0.4, -0.2) is 155 Å². The van der Waals surface area contributed by atoms with E-state index in [4.69, 9.17) is 34.4 Å². The molecule has 0 unspecified atom stereocenters. The molecule has 9 amide bonds. The first-order valence-electron chi connectivity index (χ1n) is 20.2. The average Bonchev–Trinajstić information content (AvgIpc) is 3.21. The molecule has 0 spiro atoms. The molecular weight excluding hydrogens is 852 g/mol. The number of nitrogens with two attached hydrogens (primary N) is 6. The van der Waals surface area contributed by atoms with Crippen LogP contribution in [0.5, 0.6) is 0 Å². The highest BCUT2D eigenvalue weighted by Crippen LogP contribution is 2.11. The number of hydrogen-bond acceptors (Lipinski definition) is 15. The van der Waals surface area contributed by atoms with Crippen LogP contribution >= 0.6 is 0 Å². The van der Waals surface area contributed by atoms with Crippen molar-refractivity contribution in [1.29, 1.82) is 0 Å². The molecule has 0 aromatic heterocycles. The van der Waals surface area contributed by atoms with Crippen LogP contribution in [0, 0.1) is 5.92 Å². The Hall–Kier alpha value is -6.68. The summed E-state index contributed by atoms with van der Waals surface area (Å²) >= 11 is 0. The Labute approximate surface area is 367 Å². The van der Waals surface area contributed by atoms with E-state index in [2.05, 4.69) is 42.2 Å². The maximum atomic E-state index is 13.6. The third-order valence-corrected chi connectivity index (χ3v) is 9.28. The number of unbranched alkanes of at least 4 members (excludes halogenated alkanes) is 1. The van der Waals surface area contributed by atoms with Crippen molar-refractivity contribution in [1.82, 2.24) is 37.2 Å². The van der Waals surface area contributed by atoms with Crippen LogP contribution in [0.4, 0.5) is 0 Å². The van der Waals surface area contributed by atoms with Gasteiger partial charge in [-0.2, -0.15) is 0 Å². The number of carbonyl (C=O) groups excluding carboxylic acids is 9. The first-order valence-corrected chi connectivity index (χ1v) is 20.2. The van der Waals surface area contributed by atoms with Crippen molar-refractivity contribution >= 4 is 71.1 Å². The molecule has 0 aliphatic carbocycles. The van der Waals surface area contributed by atoms with Crippen LogP contribution < -0.4 is 71.6 Å². The highest BCUT2D eigenvalue weighted by atomic mass is 16.4. The van der Waals surface area contributed by atoms with Gasteiger partial charge in [-0.25, -0.2) is 4.79 Å². The maximum Gasteiger partial charge on any atom is 0.326 e. The quantitative estimate of drug-likeness (QED) is 0.0165. The first kappa shape index (κ1) is 57.3. The van der Waals surface area contributed by atoms with Crippen molar-refractivity contribution in [2.75, 3.05) is 26.2 Å². The molecule has 0 aliphatic heterocycles. The molecule has 0 aliphatic rings. The van der Waals surface area contributed by atoms with Crippen molar-refractivity contribution < 1.29 is 68.1 Å². The summed E-state index contributed by atoms with van der Waals surface area (Å²) in [5, 5.41) is 44.3. The Morgan fingerprint density at radius 3 is 1.69 bits per heavy atom. The van der Waals surface area contributed by atoms with E-state index < -0.39 is 146 Å². The van der Waals surface area contributed by atoms with Crippen molar-refractivity contribution in [2.24, 2.45) is 45.3 Å². The maximum absolute atomic E-state index is 13.6. The van der Waals surface area contributed by atoms with E-state index in [0.717, 1.165) is 0 Å². The number of aliphatic hydroxyl groups excluding tert-OH is 1. The van der Waals surface area contributed by atoms with Gasteiger partial charge in [0, 0.05) is 13.0 Å². The number of aliphatic imine (C=N–C) groups is 1. The Bertz CT molecular complexity index is 1680. The van der Waals surface area contributed by atoms with Gasteiger partial charge in [0.15, 0.2) is 5.96 Å². The van der Waals surface area contributed by atoms with Crippen LogP contribution in [0.1, 0.15) is 78.1 Å². The molecule has 0 fully saturated rings. The van der Waals surface area contributed by atoms with E-state index in [1.54, 1.807) is 6.92 Å². The molecule has 28 heteroatoms. The predicted molar refractivity (Wildman–Crippen MR) is 224 cm³/mol. The Kier molecular flexibility index (Phi) is 27.2. The Morgan fingerprint density at radius 2 is 1.17 bits per heavy atom. The number of guanidine groups is 1. The van der Waals surface area contributed by atoms with Crippen molar-refractivity contribution in [3.05, 3.63) is 0 Å². The number of aliphatic hydroxyl groups is 1. The van der Waals surface area contributed by atoms with Crippen LogP contribution in [0.15, 0.2) is 4.99 Å². The number of nitrogens with one attached hydrogen (secondary N) is 7. The second kappa shape index (κ2) is 30.4. The smallest absolute Gasteiger partial charge is 0.326 e. The fraction of sp³-hybridized carbons (Fsp3) is 0.667. The molecule has 64 heavy (non-hydrogen) atoms. The van der Waals surface area contributed by atoms with E-state index in [1.165, 1.54) is 6.92 Å². The van der Waals surface area contributed by atoms with Gasteiger partial charge in [0.05, 0.1) is 32.0 Å². The molecule has 0 rings (SSSR count). The van der Waals surface area contributed by atoms with Gasteiger partial charge in [-0.1, -0.05) is 20.3 Å². The summed E-state index contributed by atoms with van der Waals surface area (Å²) in [5.41, 5.74) is 32.5. The highest BCUT2D eigenvalue weighted by molar-refractivity contribution is 5.99. The lowest BCUT2D eigenvalue weighted by molar-refractivity contribution is -0.143. The summed E-state index contributed by atoms with van der Waals surface area (Å²) in [5.74, 6) is -13.4. The topological polar surface area (TPSA) is 501 Å². The second-order valence-corrected chi connectivity index (χ2v) is 14.6. The van der Waals surface area contributed by atoms with Gasteiger partial charge in [0.2, 0.25) is 53.2 Å². The summed E-state index contributed by atoms with van der Waals surface area (Å²) < 4.78 is 0. The fourth-order valence-electron chi connectivity index (χ4n) is 5.52. The number of nitrogens with zero attached hydrogens (tertiary/aromatic N) is 1. The van der Waals surface area contributed by atoms with E-state index in [1.807, 2.05) is 0 Å². The lowest BCUT2D eigenvalue weighted by Crippen LogP contribution is -2.61. The van der Waals surface area contributed by atoms with Crippen molar-refractivity contribution in [3.8, 4) is 0 Å². The SMILES string of the molecule is CC[C@H](C)[C@H](NC(=O)[C@H](CC(N)=O)NC(=O)[C@H](CCC(N)=O)NC(=O)[C@@H](N)CCCN=C(N)N)C(=O)N[C@@H](CO)C(=O)N[C@@H](CC(=O)O)C(=O)NCC(=O)N[C@@H](CCCCN)C(=O)O. The van der Waals surface area contributed by atoms with E-state index >= 15 is 0 Å². The van der Waals surface area contributed by atoms with E-state index in [9.17, 15) is 68.1 Å². The molecule has 0 heterocycles. The summed E-state index contributed by atoms with van der Waals surface area (Å²) in [7, 11) is 0. The van der Waals surface area contributed by atoms with Gasteiger partial charge >= 0.3 is 11.9 Å². The van der Waals surface area contributed by atoms with E-state index in [-0.39, 0.29) is 44.6 Å². The molecule has 22 N–H and O–H groups in total. The zero-order valence-electron chi connectivity index (χ0n) is 35.8. The third-order valence-electron chi connectivity index (χ3n) is 9.28. The lowest BCUT2D eigenvalue weighted by atomic mass is 9.97. The minimum absolute atomic E-state index is 0.0346. The first-order chi connectivity index (χ1) is 30.0. The lowest BCUT2D eigenvalue weighted by Gasteiger charge is -2.29. The summed E-state index contributed by atoms with van der Waals surface area (Å²) in [6, 6.07) is -11.1. The number of rotatable bonds is 33. The van der Waals surface area contributed by atoms with Crippen LogP contribution in [0.3, 0.4) is 0 Å². The number of hydrogen-bond donors (Lipinski definition) is 16. The molecule has 0 saturated carbocycles. The Morgan fingerprint density at radius 1 is 0.609 bits per heavy atom. The molecule has 28 nitrogen and oxygen atoms in total. The van der Waals surface area contributed by atoms with Gasteiger partial charge in [0.25, 0.3) is 0 Å². The zero-order valence-corrected chi connectivity index (χ0v) is 35.8. The highest BCUT2D eigenvalue weighted by Gasteiger charge is 2.35. The fourth-order valence-corrected chi connectivity index (χ4v) is 5.52. The van der Waals surface area contributed by atoms with Gasteiger partial charge in [-0.15, -0.1) is 0 Å². The molecule has 362 valence electrons. The average molecular weight is 917 g/mol.